The Kier molecular flexibility index (Phi) is 5.10. The second-order valence-corrected chi connectivity index (χ2v) is 7.03. The highest BCUT2D eigenvalue weighted by atomic mass is 16.5. The van der Waals surface area contributed by atoms with Gasteiger partial charge in [-0.2, -0.15) is 0 Å². The molecule has 25 heavy (non-hydrogen) atoms. The molecule has 0 N–H and O–H groups in total. The first-order valence-corrected chi connectivity index (χ1v) is 8.80. The normalized spacial score (nSPS) is 19.0. The van der Waals surface area contributed by atoms with Gasteiger partial charge in [-0.05, 0) is 25.3 Å². The predicted octanol–water partition coefficient (Wildman–Crippen LogP) is 0.312. The maximum Gasteiger partial charge on any atom is 0.332 e. The van der Waals surface area contributed by atoms with E-state index in [4.69, 9.17) is 4.74 Å². The van der Waals surface area contributed by atoms with Gasteiger partial charge >= 0.3 is 5.69 Å². The van der Waals surface area contributed by atoms with Crippen LogP contribution >= 0.6 is 0 Å². The van der Waals surface area contributed by atoms with Gasteiger partial charge in [0.25, 0.3) is 5.56 Å². The van der Waals surface area contributed by atoms with E-state index in [0.29, 0.717) is 36.8 Å². The number of nitrogens with zero attached hydrogens (tertiary/aromatic N) is 5. The fourth-order valence-corrected chi connectivity index (χ4v) is 3.67. The van der Waals surface area contributed by atoms with Gasteiger partial charge in [0.05, 0.1) is 13.2 Å². The Labute approximate surface area is 146 Å². The molecule has 0 aliphatic carbocycles. The van der Waals surface area contributed by atoms with Crippen LogP contribution in [0.5, 0.6) is 0 Å². The van der Waals surface area contributed by atoms with Gasteiger partial charge in [-0.15, -0.1) is 0 Å². The summed E-state index contributed by atoms with van der Waals surface area (Å²) in [7, 11) is 4.80. The molecule has 2 aromatic rings. The van der Waals surface area contributed by atoms with Gasteiger partial charge < -0.3 is 9.30 Å². The lowest BCUT2D eigenvalue weighted by molar-refractivity contribution is 0.165. The van der Waals surface area contributed by atoms with Crippen LogP contribution in [0, 0.1) is 5.92 Å². The molecule has 0 radical (unpaired) electrons. The van der Waals surface area contributed by atoms with E-state index in [1.54, 1.807) is 14.2 Å². The summed E-state index contributed by atoms with van der Waals surface area (Å²) in [6, 6.07) is 0. The van der Waals surface area contributed by atoms with E-state index in [1.165, 1.54) is 24.5 Å². The lowest BCUT2D eigenvalue weighted by Gasteiger charge is -2.30. The van der Waals surface area contributed by atoms with Crippen molar-refractivity contribution in [2.75, 3.05) is 26.8 Å². The van der Waals surface area contributed by atoms with Crippen LogP contribution in [0.3, 0.4) is 0 Å². The van der Waals surface area contributed by atoms with Gasteiger partial charge in [0.1, 0.15) is 5.82 Å². The van der Waals surface area contributed by atoms with Gasteiger partial charge in [0, 0.05) is 34.3 Å². The number of likely N-dealkylation sites (tertiary alicyclic amines) is 1. The number of hydrogen-bond acceptors (Lipinski definition) is 5. The van der Waals surface area contributed by atoms with Crippen molar-refractivity contribution in [1.82, 2.24) is 23.6 Å². The fourth-order valence-electron chi connectivity index (χ4n) is 3.67. The Morgan fingerprint density at radius 2 is 2.00 bits per heavy atom. The average molecular weight is 349 g/mol. The highest BCUT2D eigenvalue weighted by Gasteiger charge is 2.22. The zero-order valence-electron chi connectivity index (χ0n) is 15.5. The van der Waals surface area contributed by atoms with E-state index in [-0.39, 0.29) is 11.2 Å². The van der Waals surface area contributed by atoms with E-state index in [0.717, 1.165) is 23.5 Å². The molecule has 2 aromatic heterocycles. The standard InChI is InChI=1S/C17H27N5O3/c1-12-6-5-7-21(10-12)11-13-18-15-14(22(13)8-9-25-4)16(23)20(3)17(24)19(15)2/h12H,5-11H2,1-4H3/t12-/m1/s1. The second-order valence-electron chi connectivity index (χ2n) is 7.03. The minimum Gasteiger partial charge on any atom is -0.383 e. The maximum absolute atomic E-state index is 12.7. The largest absolute Gasteiger partial charge is 0.383 e. The third-order valence-electron chi connectivity index (χ3n) is 5.05. The summed E-state index contributed by atoms with van der Waals surface area (Å²) in [5, 5.41) is 0. The third-order valence-corrected chi connectivity index (χ3v) is 5.05. The number of hydrogen-bond donors (Lipinski definition) is 0. The number of aromatic nitrogens is 4. The zero-order chi connectivity index (χ0) is 18.1. The molecule has 8 heteroatoms. The van der Waals surface area contributed by atoms with Crippen molar-refractivity contribution in [2.45, 2.75) is 32.9 Å². The molecule has 0 bridgehead atoms. The first kappa shape index (κ1) is 17.9. The molecule has 3 heterocycles. The van der Waals surface area contributed by atoms with Crippen molar-refractivity contribution in [3.8, 4) is 0 Å². The molecule has 8 nitrogen and oxygen atoms in total. The molecule has 0 spiro atoms. The Balaban J connectivity index is 2.10. The Morgan fingerprint density at radius 3 is 2.68 bits per heavy atom. The number of piperidine rings is 1. The summed E-state index contributed by atoms with van der Waals surface area (Å²) in [6.07, 6.45) is 2.44. The summed E-state index contributed by atoms with van der Waals surface area (Å²) in [6.45, 7) is 6.04. The molecule has 1 aliphatic rings. The number of ether oxygens (including phenoxy) is 1. The SMILES string of the molecule is COCCn1c(CN2CCC[C@@H](C)C2)nc2c1c(=O)n(C)c(=O)n2C. The number of imidazole rings is 1. The summed E-state index contributed by atoms with van der Waals surface area (Å²) in [4.78, 5) is 31.9. The molecule has 0 aromatic carbocycles. The summed E-state index contributed by atoms with van der Waals surface area (Å²) in [5.74, 6) is 1.49. The monoisotopic (exact) mass is 349 g/mol. The highest BCUT2D eigenvalue weighted by molar-refractivity contribution is 5.71. The molecular weight excluding hydrogens is 322 g/mol. The average Bonchev–Trinajstić information content (AvgIpc) is 2.94. The highest BCUT2D eigenvalue weighted by Crippen LogP contribution is 2.19. The third kappa shape index (κ3) is 3.28. The quantitative estimate of drug-likeness (QED) is 0.777. The number of aryl methyl sites for hydroxylation is 1. The van der Waals surface area contributed by atoms with Crippen LogP contribution in [-0.4, -0.2) is 50.4 Å². The first-order valence-electron chi connectivity index (χ1n) is 8.80. The first-order chi connectivity index (χ1) is 11.9. The summed E-state index contributed by atoms with van der Waals surface area (Å²) < 4.78 is 9.71. The second kappa shape index (κ2) is 7.13. The number of rotatable bonds is 5. The van der Waals surface area contributed by atoms with E-state index in [9.17, 15) is 9.59 Å². The smallest absolute Gasteiger partial charge is 0.332 e. The summed E-state index contributed by atoms with van der Waals surface area (Å²) in [5.41, 5.74) is 0.262. The summed E-state index contributed by atoms with van der Waals surface area (Å²) >= 11 is 0. The van der Waals surface area contributed by atoms with Gasteiger partial charge in [0.15, 0.2) is 11.2 Å². The lowest BCUT2D eigenvalue weighted by Crippen LogP contribution is -2.37. The van der Waals surface area contributed by atoms with Crippen molar-refractivity contribution in [1.29, 1.82) is 0 Å². The Morgan fingerprint density at radius 1 is 1.24 bits per heavy atom. The van der Waals surface area contributed by atoms with E-state index >= 15 is 0 Å². The molecule has 3 rings (SSSR count). The minimum atomic E-state index is -0.355. The van der Waals surface area contributed by atoms with Crippen LogP contribution < -0.4 is 11.2 Å². The zero-order valence-corrected chi connectivity index (χ0v) is 15.5. The Hall–Kier alpha value is -1.93. The molecule has 0 saturated carbocycles. The fraction of sp³-hybridized carbons (Fsp3) is 0.706. The molecule has 1 saturated heterocycles. The van der Waals surface area contributed by atoms with Crippen LogP contribution in [0.15, 0.2) is 9.59 Å². The van der Waals surface area contributed by atoms with Crippen LogP contribution in [-0.2, 0) is 31.9 Å². The van der Waals surface area contributed by atoms with Crippen molar-refractivity contribution in [3.63, 3.8) is 0 Å². The van der Waals surface area contributed by atoms with Gasteiger partial charge in [-0.3, -0.25) is 18.8 Å². The van der Waals surface area contributed by atoms with Crippen LogP contribution in [0.1, 0.15) is 25.6 Å². The van der Waals surface area contributed by atoms with Gasteiger partial charge in [-0.1, -0.05) is 6.92 Å². The number of fused-ring (bicyclic) bond motifs is 1. The lowest BCUT2D eigenvalue weighted by atomic mass is 10.0. The van der Waals surface area contributed by atoms with Gasteiger partial charge in [-0.25, -0.2) is 9.78 Å². The Bertz CT molecular complexity index is 879. The van der Waals surface area contributed by atoms with Crippen LogP contribution in [0.4, 0.5) is 0 Å². The van der Waals surface area contributed by atoms with Crippen molar-refractivity contribution >= 4 is 11.2 Å². The van der Waals surface area contributed by atoms with Gasteiger partial charge in [0.2, 0.25) is 0 Å². The van der Waals surface area contributed by atoms with E-state index in [2.05, 4.69) is 16.8 Å². The number of methoxy groups -OCH3 is 1. The van der Waals surface area contributed by atoms with Crippen molar-refractivity contribution < 1.29 is 4.74 Å². The molecule has 1 aliphatic heterocycles. The molecule has 0 unspecified atom stereocenters. The topological polar surface area (TPSA) is 74.3 Å². The van der Waals surface area contributed by atoms with Crippen LogP contribution in [0.25, 0.3) is 11.2 Å². The molecular formula is C17H27N5O3. The maximum atomic E-state index is 12.7. The van der Waals surface area contributed by atoms with E-state index in [1.807, 2.05) is 4.57 Å². The molecule has 0 amide bonds. The molecule has 1 atom stereocenters. The predicted molar refractivity (Wildman–Crippen MR) is 95.8 cm³/mol. The van der Waals surface area contributed by atoms with E-state index < -0.39 is 0 Å². The molecule has 1 fully saturated rings. The van der Waals surface area contributed by atoms with Crippen molar-refractivity contribution in [3.05, 3.63) is 26.7 Å². The van der Waals surface area contributed by atoms with Crippen molar-refractivity contribution in [2.24, 2.45) is 20.0 Å². The molecule has 138 valence electrons. The minimum absolute atomic E-state index is 0.306. The van der Waals surface area contributed by atoms with Crippen LogP contribution in [0.2, 0.25) is 0 Å².